The lowest BCUT2D eigenvalue weighted by Gasteiger charge is -2.19. The Bertz CT molecular complexity index is 334. The molecule has 0 saturated heterocycles. The maximum absolute atomic E-state index is 9.22. The van der Waals surface area contributed by atoms with Crippen LogP contribution in [0.1, 0.15) is 54.5 Å². The Morgan fingerprint density at radius 2 is 2.18 bits per heavy atom. The fourth-order valence-electron chi connectivity index (χ4n) is 2.46. The predicted molar refractivity (Wildman–Crippen MR) is 73.7 cm³/mol. The molecular formula is C14H23NOS. The van der Waals surface area contributed by atoms with Crippen LogP contribution >= 0.6 is 11.3 Å². The van der Waals surface area contributed by atoms with E-state index in [0.717, 1.165) is 6.42 Å². The van der Waals surface area contributed by atoms with Gasteiger partial charge in [0.25, 0.3) is 0 Å². The van der Waals surface area contributed by atoms with Crippen LogP contribution in [-0.2, 0) is 12.8 Å². The van der Waals surface area contributed by atoms with Gasteiger partial charge in [0.05, 0.1) is 6.61 Å². The quantitative estimate of drug-likeness (QED) is 0.845. The molecule has 1 aliphatic carbocycles. The van der Waals surface area contributed by atoms with Gasteiger partial charge < -0.3 is 10.4 Å². The molecule has 2 atom stereocenters. The summed E-state index contributed by atoms with van der Waals surface area (Å²) in [6.07, 6.45) is 6.20. The minimum absolute atomic E-state index is 0.226. The summed E-state index contributed by atoms with van der Waals surface area (Å²) in [5.74, 6) is 0. The Labute approximate surface area is 108 Å². The van der Waals surface area contributed by atoms with Gasteiger partial charge in [0, 0.05) is 21.8 Å². The SMILES string of the molecule is CC[C@@H](CO)NC(C)c1cc2c(s1)CCCC2. The smallest absolute Gasteiger partial charge is 0.0584 e. The van der Waals surface area contributed by atoms with Crippen LogP contribution in [-0.4, -0.2) is 17.8 Å². The highest BCUT2D eigenvalue weighted by atomic mass is 32.1. The van der Waals surface area contributed by atoms with E-state index >= 15 is 0 Å². The van der Waals surface area contributed by atoms with Crippen LogP contribution < -0.4 is 5.32 Å². The predicted octanol–water partition coefficient (Wildman–Crippen LogP) is 3.05. The second-order valence-corrected chi connectivity index (χ2v) is 6.15. The van der Waals surface area contributed by atoms with Crippen molar-refractivity contribution < 1.29 is 5.11 Å². The molecule has 96 valence electrons. The molecule has 1 unspecified atom stereocenters. The minimum atomic E-state index is 0.226. The fraction of sp³-hybridized carbons (Fsp3) is 0.714. The molecule has 2 N–H and O–H groups in total. The number of fused-ring (bicyclic) bond motifs is 1. The number of rotatable bonds is 5. The molecule has 2 rings (SSSR count). The summed E-state index contributed by atoms with van der Waals surface area (Å²) in [5, 5.41) is 12.7. The van der Waals surface area contributed by atoms with Gasteiger partial charge in [-0.3, -0.25) is 0 Å². The molecule has 0 aliphatic heterocycles. The Morgan fingerprint density at radius 1 is 1.41 bits per heavy atom. The van der Waals surface area contributed by atoms with Crippen LogP contribution in [0.25, 0.3) is 0 Å². The van der Waals surface area contributed by atoms with E-state index in [0.29, 0.717) is 6.04 Å². The van der Waals surface area contributed by atoms with Gasteiger partial charge in [-0.15, -0.1) is 11.3 Å². The standard InChI is InChI=1S/C14H23NOS/c1-3-12(9-16)15-10(2)14-8-11-6-4-5-7-13(11)17-14/h8,10,12,15-16H,3-7,9H2,1-2H3/t10?,12-/m0/s1. The van der Waals surface area contributed by atoms with Gasteiger partial charge >= 0.3 is 0 Å². The lowest BCUT2D eigenvalue weighted by Crippen LogP contribution is -2.33. The van der Waals surface area contributed by atoms with E-state index in [9.17, 15) is 5.11 Å². The first-order chi connectivity index (χ1) is 8.24. The zero-order valence-corrected chi connectivity index (χ0v) is 11.6. The largest absolute Gasteiger partial charge is 0.395 e. The van der Waals surface area contributed by atoms with Crippen LogP contribution in [0.3, 0.4) is 0 Å². The number of hydrogen-bond acceptors (Lipinski definition) is 3. The highest BCUT2D eigenvalue weighted by molar-refractivity contribution is 7.12. The molecule has 0 saturated carbocycles. The molecule has 0 radical (unpaired) electrons. The lowest BCUT2D eigenvalue weighted by molar-refractivity contribution is 0.230. The first-order valence-electron chi connectivity index (χ1n) is 6.73. The average Bonchev–Trinajstić information content (AvgIpc) is 2.79. The zero-order valence-electron chi connectivity index (χ0n) is 10.8. The van der Waals surface area contributed by atoms with Crippen molar-refractivity contribution in [2.24, 2.45) is 0 Å². The van der Waals surface area contributed by atoms with E-state index in [2.05, 4.69) is 25.2 Å². The maximum Gasteiger partial charge on any atom is 0.0584 e. The van der Waals surface area contributed by atoms with E-state index in [1.54, 1.807) is 10.4 Å². The van der Waals surface area contributed by atoms with E-state index in [4.69, 9.17) is 0 Å². The zero-order chi connectivity index (χ0) is 12.3. The highest BCUT2D eigenvalue weighted by Gasteiger charge is 2.17. The monoisotopic (exact) mass is 253 g/mol. The Kier molecular flexibility index (Phi) is 4.60. The van der Waals surface area contributed by atoms with E-state index in [1.165, 1.54) is 30.6 Å². The summed E-state index contributed by atoms with van der Waals surface area (Å²) in [7, 11) is 0. The molecule has 0 bridgehead atoms. The highest BCUT2D eigenvalue weighted by Crippen LogP contribution is 2.32. The molecular weight excluding hydrogens is 230 g/mol. The maximum atomic E-state index is 9.22. The molecule has 0 fully saturated rings. The van der Waals surface area contributed by atoms with Crippen molar-refractivity contribution >= 4 is 11.3 Å². The molecule has 1 aliphatic rings. The summed E-state index contributed by atoms with van der Waals surface area (Å²) < 4.78 is 0. The average molecular weight is 253 g/mol. The van der Waals surface area contributed by atoms with Gasteiger partial charge in [-0.05, 0) is 50.7 Å². The van der Waals surface area contributed by atoms with Crippen molar-refractivity contribution in [2.45, 2.75) is 58.0 Å². The summed E-state index contributed by atoms with van der Waals surface area (Å²) in [5.41, 5.74) is 1.57. The van der Waals surface area contributed by atoms with Gasteiger partial charge in [-0.25, -0.2) is 0 Å². The van der Waals surface area contributed by atoms with Gasteiger partial charge in [0.2, 0.25) is 0 Å². The van der Waals surface area contributed by atoms with Crippen molar-refractivity contribution in [3.05, 3.63) is 21.4 Å². The fourth-order valence-corrected chi connectivity index (χ4v) is 3.73. The van der Waals surface area contributed by atoms with Gasteiger partial charge in [0.15, 0.2) is 0 Å². The molecule has 2 nitrogen and oxygen atoms in total. The number of hydrogen-bond donors (Lipinski definition) is 2. The second-order valence-electron chi connectivity index (χ2n) is 4.98. The van der Waals surface area contributed by atoms with E-state index in [1.807, 2.05) is 11.3 Å². The molecule has 0 spiro atoms. The Hall–Kier alpha value is -0.380. The summed E-state index contributed by atoms with van der Waals surface area (Å²) >= 11 is 1.96. The molecule has 1 aromatic rings. The third kappa shape index (κ3) is 3.09. The van der Waals surface area contributed by atoms with E-state index in [-0.39, 0.29) is 12.6 Å². The minimum Gasteiger partial charge on any atom is -0.395 e. The van der Waals surface area contributed by atoms with Crippen LogP contribution in [0.5, 0.6) is 0 Å². The normalized spacial score (nSPS) is 18.8. The number of thiophene rings is 1. The lowest BCUT2D eigenvalue weighted by atomic mass is 9.99. The molecule has 0 aromatic carbocycles. The number of aliphatic hydroxyl groups is 1. The second kappa shape index (κ2) is 5.98. The van der Waals surface area contributed by atoms with Crippen LogP contribution in [0.4, 0.5) is 0 Å². The third-order valence-electron chi connectivity index (χ3n) is 3.64. The third-order valence-corrected chi connectivity index (χ3v) is 5.06. The Balaban J connectivity index is 2.03. The number of aryl methyl sites for hydroxylation is 2. The molecule has 1 aromatic heterocycles. The molecule has 1 heterocycles. The van der Waals surface area contributed by atoms with Crippen molar-refractivity contribution in [3.8, 4) is 0 Å². The van der Waals surface area contributed by atoms with E-state index < -0.39 is 0 Å². The Morgan fingerprint density at radius 3 is 2.82 bits per heavy atom. The topological polar surface area (TPSA) is 32.3 Å². The summed E-state index contributed by atoms with van der Waals surface area (Å²) in [6, 6.07) is 2.97. The van der Waals surface area contributed by atoms with Crippen molar-refractivity contribution in [2.75, 3.05) is 6.61 Å². The van der Waals surface area contributed by atoms with Gasteiger partial charge in [-0.1, -0.05) is 6.92 Å². The molecule has 3 heteroatoms. The molecule has 0 amide bonds. The van der Waals surface area contributed by atoms with Crippen molar-refractivity contribution in [3.63, 3.8) is 0 Å². The van der Waals surface area contributed by atoms with Crippen LogP contribution in [0, 0.1) is 0 Å². The van der Waals surface area contributed by atoms with Crippen molar-refractivity contribution in [1.29, 1.82) is 0 Å². The van der Waals surface area contributed by atoms with Gasteiger partial charge in [-0.2, -0.15) is 0 Å². The first-order valence-corrected chi connectivity index (χ1v) is 7.54. The summed E-state index contributed by atoms with van der Waals surface area (Å²) in [6.45, 7) is 4.54. The summed E-state index contributed by atoms with van der Waals surface area (Å²) in [4.78, 5) is 3.03. The van der Waals surface area contributed by atoms with Crippen LogP contribution in [0.15, 0.2) is 6.07 Å². The number of nitrogens with one attached hydrogen (secondary N) is 1. The molecule has 17 heavy (non-hydrogen) atoms. The van der Waals surface area contributed by atoms with Crippen LogP contribution in [0.2, 0.25) is 0 Å². The van der Waals surface area contributed by atoms with Gasteiger partial charge in [0.1, 0.15) is 0 Å². The first kappa shape index (κ1) is 13.1. The number of aliphatic hydroxyl groups excluding tert-OH is 1. The van der Waals surface area contributed by atoms with Crippen molar-refractivity contribution in [1.82, 2.24) is 5.32 Å².